The lowest BCUT2D eigenvalue weighted by atomic mass is 9.73. The zero-order valence-corrected chi connectivity index (χ0v) is 12.1. The Labute approximate surface area is 119 Å². The third-order valence-corrected chi connectivity index (χ3v) is 3.76. The van der Waals surface area contributed by atoms with E-state index >= 15 is 0 Å². The number of nitrogens with two attached hydrogens (primary N) is 1. The highest BCUT2D eigenvalue weighted by Crippen LogP contribution is 2.32. The van der Waals surface area contributed by atoms with Crippen LogP contribution in [0.2, 0.25) is 0 Å². The topological polar surface area (TPSA) is 95.6 Å². The predicted molar refractivity (Wildman–Crippen MR) is 77.8 cm³/mol. The van der Waals surface area contributed by atoms with Gasteiger partial charge in [0, 0.05) is 12.0 Å². The zero-order valence-electron chi connectivity index (χ0n) is 12.1. The molecule has 5 heteroatoms. The van der Waals surface area contributed by atoms with Crippen molar-refractivity contribution in [1.29, 1.82) is 0 Å². The summed E-state index contributed by atoms with van der Waals surface area (Å²) in [7, 11) is 0. The third kappa shape index (κ3) is 3.79. The van der Waals surface area contributed by atoms with Crippen LogP contribution in [0.4, 0.5) is 0 Å². The quantitative estimate of drug-likeness (QED) is 0.518. The van der Waals surface area contributed by atoms with E-state index in [-0.39, 0.29) is 13.0 Å². The van der Waals surface area contributed by atoms with Gasteiger partial charge in [-0.05, 0) is 18.5 Å². The van der Waals surface area contributed by atoms with E-state index in [0.29, 0.717) is 13.1 Å². The molecular formula is C15H24N2O3. The lowest BCUT2D eigenvalue weighted by molar-refractivity contribution is -0.155. The number of carbonyl (C=O) groups excluding carboxylic acids is 1. The van der Waals surface area contributed by atoms with Gasteiger partial charge in [-0.3, -0.25) is 4.79 Å². The highest BCUT2D eigenvalue weighted by molar-refractivity contribution is 5.84. The van der Waals surface area contributed by atoms with Crippen LogP contribution in [0.25, 0.3) is 0 Å². The van der Waals surface area contributed by atoms with Crippen LogP contribution in [-0.4, -0.2) is 34.9 Å². The van der Waals surface area contributed by atoms with Crippen molar-refractivity contribution in [3.05, 3.63) is 35.9 Å². The molecule has 1 aromatic carbocycles. The molecule has 1 rings (SSSR count). The van der Waals surface area contributed by atoms with Crippen molar-refractivity contribution in [3.8, 4) is 0 Å². The number of hydrogen-bond donors (Lipinski definition) is 4. The molecule has 5 N–H and O–H groups in total. The summed E-state index contributed by atoms with van der Waals surface area (Å²) >= 11 is 0. The Morgan fingerprint density at radius 1 is 1.30 bits per heavy atom. The standard InChI is InChI=1S/C15H24N2O3/c1-14(2,11-18)15(20,13(16)19)8-9-17-10-12-6-4-3-5-7-12/h3-7,17-18,20H,8-11H2,1-2H3,(H2,16,19)/t15-/m0/s1. The minimum absolute atomic E-state index is 0.155. The smallest absolute Gasteiger partial charge is 0.250 e. The van der Waals surface area contributed by atoms with Crippen LogP contribution in [0.15, 0.2) is 30.3 Å². The SMILES string of the molecule is CC(C)(CO)[C@](O)(CCNCc1ccccc1)C(N)=O. The van der Waals surface area contributed by atoms with Gasteiger partial charge in [-0.1, -0.05) is 44.2 Å². The Kier molecular flexibility index (Phi) is 5.68. The van der Waals surface area contributed by atoms with Crippen LogP contribution in [0, 0.1) is 5.41 Å². The Morgan fingerprint density at radius 3 is 2.40 bits per heavy atom. The third-order valence-electron chi connectivity index (χ3n) is 3.76. The molecule has 112 valence electrons. The summed E-state index contributed by atoms with van der Waals surface area (Å²) in [6.45, 7) is 4.00. The average Bonchev–Trinajstić information content (AvgIpc) is 2.44. The average molecular weight is 280 g/mol. The molecule has 1 atom stereocenters. The maximum Gasteiger partial charge on any atom is 0.250 e. The van der Waals surface area contributed by atoms with Crippen LogP contribution in [0.5, 0.6) is 0 Å². The second-order valence-corrected chi connectivity index (χ2v) is 5.68. The molecular weight excluding hydrogens is 256 g/mol. The number of rotatable bonds is 8. The normalized spacial score (nSPS) is 14.8. The Balaban J connectivity index is 2.54. The Hall–Kier alpha value is -1.43. The molecule has 5 nitrogen and oxygen atoms in total. The Bertz CT molecular complexity index is 434. The van der Waals surface area contributed by atoms with Gasteiger partial charge in [0.2, 0.25) is 5.91 Å². The fourth-order valence-corrected chi connectivity index (χ4v) is 2.02. The van der Waals surface area contributed by atoms with E-state index < -0.39 is 16.9 Å². The molecule has 0 saturated carbocycles. The monoisotopic (exact) mass is 280 g/mol. The number of hydrogen-bond acceptors (Lipinski definition) is 4. The van der Waals surface area contributed by atoms with Crippen molar-refractivity contribution in [3.63, 3.8) is 0 Å². The fourth-order valence-electron chi connectivity index (χ4n) is 2.02. The summed E-state index contributed by atoms with van der Waals surface area (Å²) in [6.07, 6.45) is 0.155. The van der Waals surface area contributed by atoms with Crippen LogP contribution in [-0.2, 0) is 11.3 Å². The van der Waals surface area contributed by atoms with E-state index in [1.54, 1.807) is 13.8 Å². The van der Waals surface area contributed by atoms with Gasteiger partial charge in [0.1, 0.15) is 0 Å². The molecule has 0 saturated heterocycles. The van der Waals surface area contributed by atoms with Crippen LogP contribution in [0.3, 0.4) is 0 Å². The van der Waals surface area contributed by atoms with Crippen molar-refractivity contribution >= 4 is 5.91 Å². The largest absolute Gasteiger partial charge is 0.396 e. The minimum atomic E-state index is -1.73. The van der Waals surface area contributed by atoms with Gasteiger partial charge in [-0.25, -0.2) is 0 Å². The summed E-state index contributed by atoms with van der Waals surface area (Å²) in [5.41, 5.74) is 3.71. The fraction of sp³-hybridized carbons (Fsp3) is 0.533. The van der Waals surface area contributed by atoms with Crippen LogP contribution < -0.4 is 11.1 Å². The van der Waals surface area contributed by atoms with Gasteiger partial charge in [-0.2, -0.15) is 0 Å². The minimum Gasteiger partial charge on any atom is -0.396 e. The summed E-state index contributed by atoms with van der Waals surface area (Å²) in [5.74, 6) is -0.807. The lowest BCUT2D eigenvalue weighted by Gasteiger charge is -2.39. The molecule has 0 aliphatic carbocycles. The molecule has 20 heavy (non-hydrogen) atoms. The highest BCUT2D eigenvalue weighted by atomic mass is 16.3. The van der Waals surface area contributed by atoms with E-state index in [0.717, 1.165) is 5.56 Å². The molecule has 0 radical (unpaired) electrons. The van der Waals surface area contributed by atoms with Crippen LogP contribution in [0.1, 0.15) is 25.8 Å². The molecule has 0 heterocycles. The van der Waals surface area contributed by atoms with Gasteiger partial charge >= 0.3 is 0 Å². The second-order valence-electron chi connectivity index (χ2n) is 5.68. The first-order valence-electron chi connectivity index (χ1n) is 6.71. The molecule has 0 bridgehead atoms. The van der Waals surface area contributed by atoms with Crippen molar-refractivity contribution in [1.82, 2.24) is 5.32 Å². The second kappa shape index (κ2) is 6.83. The zero-order chi connectivity index (χ0) is 15.2. The lowest BCUT2D eigenvalue weighted by Crippen LogP contribution is -2.57. The van der Waals surface area contributed by atoms with E-state index in [9.17, 15) is 15.0 Å². The molecule has 0 spiro atoms. The summed E-state index contributed by atoms with van der Waals surface area (Å²) in [6, 6.07) is 9.83. The first-order valence-corrected chi connectivity index (χ1v) is 6.71. The predicted octanol–water partition coefficient (Wildman–Crippen LogP) is 0.401. The molecule has 0 aromatic heterocycles. The molecule has 1 amide bonds. The molecule has 0 aliphatic heterocycles. The van der Waals surface area contributed by atoms with Crippen LogP contribution >= 0.6 is 0 Å². The maximum atomic E-state index is 11.5. The number of aliphatic hydroxyl groups is 2. The number of aliphatic hydroxyl groups excluding tert-OH is 1. The van der Waals surface area contributed by atoms with Gasteiger partial charge in [-0.15, -0.1) is 0 Å². The van der Waals surface area contributed by atoms with Crippen molar-refractivity contribution < 1.29 is 15.0 Å². The van der Waals surface area contributed by atoms with Gasteiger partial charge in [0.05, 0.1) is 6.61 Å². The summed E-state index contributed by atoms with van der Waals surface area (Å²) < 4.78 is 0. The molecule has 0 unspecified atom stereocenters. The number of amides is 1. The number of nitrogens with one attached hydrogen (secondary N) is 1. The van der Waals surface area contributed by atoms with Crippen molar-refractivity contribution in [2.45, 2.75) is 32.4 Å². The molecule has 1 aromatic rings. The highest BCUT2D eigenvalue weighted by Gasteiger charge is 2.47. The van der Waals surface area contributed by atoms with Gasteiger partial charge in [0.15, 0.2) is 5.60 Å². The Morgan fingerprint density at radius 2 is 1.90 bits per heavy atom. The first kappa shape index (κ1) is 16.6. The summed E-state index contributed by atoms with van der Waals surface area (Å²) in [4.78, 5) is 11.5. The number of benzene rings is 1. The van der Waals surface area contributed by atoms with E-state index in [1.165, 1.54) is 0 Å². The molecule has 0 aliphatic rings. The van der Waals surface area contributed by atoms with E-state index in [1.807, 2.05) is 30.3 Å². The molecule has 0 fully saturated rings. The van der Waals surface area contributed by atoms with Crippen molar-refractivity contribution in [2.24, 2.45) is 11.1 Å². The summed E-state index contributed by atoms with van der Waals surface area (Å²) in [5, 5.41) is 22.9. The maximum absolute atomic E-state index is 11.5. The number of carbonyl (C=O) groups is 1. The first-order chi connectivity index (χ1) is 9.33. The van der Waals surface area contributed by atoms with Gasteiger partial charge in [0.25, 0.3) is 0 Å². The van der Waals surface area contributed by atoms with Gasteiger partial charge < -0.3 is 21.3 Å². The van der Waals surface area contributed by atoms with E-state index in [4.69, 9.17) is 5.73 Å². The number of primary amides is 1. The van der Waals surface area contributed by atoms with Crippen molar-refractivity contribution in [2.75, 3.05) is 13.2 Å². The van der Waals surface area contributed by atoms with E-state index in [2.05, 4.69) is 5.32 Å².